The van der Waals surface area contributed by atoms with Gasteiger partial charge in [0, 0.05) is 24.1 Å². The highest BCUT2D eigenvalue weighted by Crippen LogP contribution is 2.22. The van der Waals surface area contributed by atoms with Crippen molar-refractivity contribution in [1.82, 2.24) is 15.3 Å². The highest BCUT2D eigenvalue weighted by molar-refractivity contribution is 5.89. The van der Waals surface area contributed by atoms with Crippen LogP contribution in [-0.2, 0) is 0 Å². The average molecular weight is 340 g/mol. The zero-order valence-electron chi connectivity index (χ0n) is 14.7. The quantitative estimate of drug-likeness (QED) is 0.891. The topological polar surface area (TPSA) is 76.1 Å². The summed E-state index contributed by atoms with van der Waals surface area (Å²) >= 11 is 0. The molecule has 1 saturated carbocycles. The summed E-state index contributed by atoms with van der Waals surface area (Å²) in [7, 11) is 0. The van der Waals surface area contributed by atoms with Crippen molar-refractivity contribution in [3.8, 4) is 6.01 Å². The van der Waals surface area contributed by atoms with Crippen molar-refractivity contribution in [2.24, 2.45) is 0 Å². The lowest BCUT2D eigenvalue weighted by molar-refractivity contribution is 0.129. The molecule has 1 aromatic heterocycles. The van der Waals surface area contributed by atoms with Crippen molar-refractivity contribution in [3.63, 3.8) is 0 Å². The first-order valence-corrected chi connectivity index (χ1v) is 8.68. The number of anilines is 1. The van der Waals surface area contributed by atoms with Crippen LogP contribution in [0, 0.1) is 13.8 Å². The fourth-order valence-electron chi connectivity index (χ4n) is 3.22. The van der Waals surface area contributed by atoms with Crippen LogP contribution < -0.4 is 15.4 Å². The molecule has 3 rings (SSSR count). The Hall–Kier alpha value is -2.63. The number of ether oxygens (including phenoxy) is 1. The number of aromatic nitrogens is 2. The fourth-order valence-corrected chi connectivity index (χ4v) is 3.22. The number of benzene rings is 1. The minimum absolute atomic E-state index is 0.114. The Morgan fingerprint density at radius 1 is 1.04 bits per heavy atom. The molecule has 0 radical (unpaired) electrons. The molecule has 1 aromatic carbocycles. The van der Waals surface area contributed by atoms with Crippen molar-refractivity contribution >= 4 is 11.7 Å². The number of nitrogens with one attached hydrogen (secondary N) is 2. The lowest BCUT2D eigenvalue weighted by Crippen LogP contribution is -2.41. The maximum Gasteiger partial charge on any atom is 0.319 e. The Morgan fingerprint density at radius 2 is 1.68 bits per heavy atom. The highest BCUT2D eigenvalue weighted by atomic mass is 16.5. The number of aryl methyl sites for hydroxylation is 2. The first kappa shape index (κ1) is 17.2. The van der Waals surface area contributed by atoms with Crippen LogP contribution in [-0.4, -0.2) is 28.1 Å². The van der Waals surface area contributed by atoms with Crippen molar-refractivity contribution in [2.45, 2.75) is 51.7 Å². The van der Waals surface area contributed by atoms with Gasteiger partial charge in [-0.25, -0.2) is 14.8 Å². The average Bonchev–Trinajstić information content (AvgIpc) is 2.56. The molecule has 1 heterocycles. The lowest BCUT2D eigenvalue weighted by Gasteiger charge is -2.28. The molecule has 1 fully saturated rings. The van der Waals surface area contributed by atoms with Gasteiger partial charge >= 0.3 is 12.0 Å². The standard InChI is InChI=1S/C19H24N4O2/c1-13-10-14(2)12-16(11-13)23-18(24)22-15-4-6-17(7-5-15)25-19-20-8-3-9-21-19/h3,8-12,15,17H,4-7H2,1-2H3,(H2,22,23,24). The number of amides is 2. The first-order valence-electron chi connectivity index (χ1n) is 8.68. The summed E-state index contributed by atoms with van der Waals surface area (Å²) in [6.07, 6.45) is 7.00. The van der Waals surface area contributed by atoms with Gasteiger partial charge in [0.15, 0.2) is 0 Å². The van der Waals surface area contributed by atoms with Gasteiger partial charge in [0.2, 0.25) is 0 Å². The van der Waals surface area contributed by atoms with Gasteiger partial charge in [-0.05, 0) is 68.9 Å². The summed E-state index contributed by atoms with van der Waals surface area (Å²) in [5.74, 6) is 0. The second-order valence-corrected chi connectivity index (χ2v) is 6.60. The van der Waals surface area contributed by atoms with Gasteiger partial charge in [0.05, 0.1) is 0 Å². The Morgan fingerprint density at radius 3 is 2.32 bits per heavy atom. The van der Waals surface area contributed by atoms with E-state index in [1.54, 1.807) is 18.5 Å². The molecule has 0 unspecified atom stereocenters. The Bertz CT molecular complexity index is 692. The van der Waals surface area contributed by atoms with Gasteiger partial charge in [-0.1, -0.05) is 6.07 Å². The number of carbonyl (C=O) groups excluding carboxylic acids is 1. The third-order valence-corrected chi connectivity index (χ3v) is 4.30. The third-order valence-electron chi connectivity index (χ3n) is 4.30. The van der Waals surface area contributed by atoms with Gasteiger partial charge < -0.3 is 15.4 Å². The van der Waals surface area contributed by atoms with E-state index >= 15 is 0 Å². The van der Waals surface area contributed by atoms with E-state index in [9.17, 15) is 4.79 Å². The van der Waals surface area contributed by atoms with E-state index in [-0.39, 0.29) is 18.2 Å². The van der Waals surface area contributed by atoms with Crippen molar-refractivity contribution in [1.29, 1.82) is 0 Å². The molecule has 2 amide bonds. The molecule has 1 aliphatic carbocycles. The van der Waals surface area contributed by atoms with Gasteiger partial charge in [0.25, 0.3) is 0 Å². The predicted octanol–water partition coefficient (Wildman–Crippen LogP) is 3.61. The number of rotatable bonds is 4. The Balaban J connectivity index is 1.44. The van der Waals surface area contributed by atoms with Crippen molar-refractivity contribution in [3.05, 3.63) is 47.8 Å². The summed E-state index contributed by atoms with van der Waals surface area (Å²) in [5.41, 5.74) is 3.10. The monoisotopic (exact) mass is 340 g/mol. The molecule has 132 valence electrons. The normalized spacial score (nSPS) is 19.9. The van der Waals surface area contributed by atoms with Crippen LogP contribution in [0.1, 0.15) is 36.8 Å². The first-order chi connectivity index (χ1) is 12.1. The van der Waals surface area contributed by atoms with Crippen molar-refractivity contribution < 1.29 is 9.53 Å². The summed E-state index contributed by atoms with van der Waals surface area (Å²) < 4.78 is 5.78. The number of nitrogens with zero attached hydrogens (tertiary/aromatic N) is 2. The Kier molecular flexibility index (Phi) is 5.48. The van der Waals surface area contributed by atoms with Crippen LogP contribution >= 0.6 is 0 Å². The zero-order valence-corrected chi connectivity index (χ0v) is 14.7. The second-order valence-electron chi connectivity index (χ2n) is 6.60. The van der Waals surface area contributed by atoms with E-state index in [0.29, 0.717) is 6.01 Å². The van der Waals surface area contributed by atoms with Crippen molar-refractivity contribution in [2.75, 3.05) is 5.32 Å². The van der Waals surface area contributed by atoms with Crippen LogP contribution in [0.5, 0.6) is 6.01 Å². The van der Waals surface area contributed by atoms with Gasteiger partial charge in [0.1, 0.15) is 6.10 Å². The molecular weight excluding hydrogens is 316 g/mol. The van der Waals surface area contributed by atoms with E-state index in [4.69, 9.17) is 4.74 Å². The van der Waals surface area contributed by atoms with Gasteiger partial charge in [-0.2, -0.15) is 0 Å². The maximum atomic E-state index is 12.2. The number of carbonyl (C=O) groups is 1. The summed E-state index contributed by atoms with van der Waals surface area (Å²) in [5, 5.41) is 5.97. The molecule has 0 aliphatic heterocycles. The molecule has 0 atom stereocenters. The molecule has 6 nitrogen and oxygen atoms in total. The molecule has 6 heteroatoms. The third kappa shape index (κ3) is 5.17. The van der Waals surface area contributed by atoms with Crippen LogP contribution in [0.3, 0.4) is 0 Å². The number of hydrogen-bond acceptors (Lipinski definition) is 4. The maximum absolute atomic E-state index is 12.2. The molecule has 2 N–H and O–H groups in total. The predicted molar refractivity (Wildman–Crippen MR) is 96.8 cm³/mol. The minimum Gasteiger partial charge on any atom is -0.460 e. The number of hydrogen-bond donors (Lipinski definition) is 2. The molecule has 0 saturated heterocycles. The van der Waals surface area contributed by atoms with Crippen LogP contribution in [0.25, 0.3) is 0 Å². The highest BCUT2D eigenvalue weighted by Gasteiger charge is 2.24. The van der Waals surface area contributed by atoms with Crippen LogP contribution in [0.2, 0.25) is 0 Å². The zero-order chi connectivity index (χ0) is 17.6. The smallest absolute Gasteiger partial charge is 0.319 e. The SMILES string of the molecule is Cc1cc(C)cc(NC(=O)NC2CCC(Oc3ncccn3)CC2)c1. The van der Waals surface area contributed by atoms with Crippen LogP contribution in [0.15, 0.2) is 36.7 Å². The number of urea groups is 1. The molecular formula is C19H24N4O2. The van der Waals surface area contributed by atoms with E-state index in [1.165, 1.54) is 0 Å². The molecule has 0 bridgehead atoms. The Labute approximate surface area is 148 Å². The second kappa shape index (κ2) is 7.96. The van der Waals surface area contributed by atoms with Crippen LogP contribution in [0.4, 0.5) is 10.5 Å². The van der Waals surface area contributed by atoms with E-state index in [0.717, 1.165) is 42.5 Å². The lowest BCUT2D eigenvalue weighted by atomic mass is 9.93. The minimum atomic E-state index is -0.152. The molecule has 1 aliphatic rings. The fraction of sp³-hybridized carbons (Fsp3) is 0.421. The van der Waals surface area contributed by atoms with E-state index in [2.05, 4.69) is 26.7 Å². The largest absolute Gasteiger partial charge is 0.460 e. The molecule has 2 aromatic rings. The molecule has 0 spiro atoms. The van der Waals surface area contributed by atoms with E-state index < -0.39 is 0 Å². The molecule has 25 heavy (non-hydrogen) atoms. The summed E-state index contributed by atoms with van der Waals surface area (Å²) in [6.45, 7) is 4.04. The van der Waals surface area contributed by atoms with E-state index in [1.807, 2.05) is 26.0 Å². The van der Waals surface area contributed by atoms with Gasteiger partial charge in [-0.3, -0.25) is 0 Å². The summed E-state index contributed by atoms with van der Waals surface area (Å²) in [6, 6.07) is 8.23. The summed E-state index contributed by atoms with van der Waals surface area (Å²) in [4.78, 5) is 20.4. The van der Waals surface area contributed by atoms with Gasteiger partial charge in [-0.15, -0.1) is 0 Å².